The van der Waals surface area contributed by atoms with Gasteiger partial charge in [-0.25, -0.2) is 4.79 Å². The summed E-state index contributed by atoms with van der Waals surface area (Å²) in [7, 11) is 0. The number of rotatable bonds is 5. The summed E-state index contributed by atoms with van der Waals surface area (Å²) in [5.41, 5.74) is 4.39. The van der Waals surface area contributed by atoms with Gasteiger partial charge in [0.1, 0.15) is 5.57 Å². The van der Waals surface area contributed by atoms with E-state index in [1.54, 1.807) is 6.92 Å². The van der Waals surface area contributed by atoms with Gasteiger partial charge >= 0.3 is 5.97 Å². The number of hydrogen-bond donors (Lipinski definition) is 0. The average Bonchev–Trinajstić information content (AvgIpc) is 2.36. The number of ether oxygens (including phenoxy) is 1. The molecule has 2 nitrogen and oxygen atoms in total. The summed E-state index contributed by atoms with van der Waals surface area (Å²) in [4.78, 5) is 11.8. The first kappa shape index (κ1) is 13.3. The van der Waals surface area contributed by atoms with Gasteiger partial charge in [-0.1, -0.05) is 43.7 Å². The maximum Gasteiger partial charge on any atom is 0.346 e. The molecule has 1 rings (SSSR count). The molecule has 0 aromatic heterocycles. The van der Waals surface area contributed by atoms with Gasteiger partial charge in [-0.2, -0.15) is 0 Å². The fourth-order valence-electron chi connectivity index (χ4n) is 1.39. The van der Waals surface area contributed by atoms with E-state index >= 15 is 0 Å². The summed E-state index contributed by atoms with van der Waals surface area (Å²) in [6.07, 6.45) is 3.84. The van der Waals surface area contributed by atoms with Crippen LogP contribution in [-0.2, 0) is 9.53 Å². The van der Waals surface area contributed by atoms with E-state index in [0.29, 0.717) is 12.2 Å². The molecule has 0 aliphatic heterocycles. The van der Waals surface area contributed by atoms with E-state index < -0.39 is 0 Å². The number of carbonyl (C=O) groups excluding carboxylic acids is 1. The van der Waals surface area contributed by atoms with Gasteiger partial charge in [-0.05, 0) is 25.0 Å². The van der Waals surface area contributed by atoms with Gasteiger partial charge in [0.2, 0.25) is 0 Å². The Balaban J connectivity index is 3.03. The molecule has 0 bridgehead atoms. The molecule has 0 unspecified atom stereocenters. The van der Waals surface area contributed by atoms with Crippen LogP contribution in [0.4, 0.5) is 0 Å². The number of esters is 1. The molecular formula is C15H18O2. The Morgan fingerprint density at radius 2 is 2.00 bits per heavy atom. The maximum atomic E-state index is 11.8. The zero-order valence-electron chi connectivity index (χ0n) is 10.4. The topological polar surface area (TPSA) is 26.3 Å². The summed E-state index contributed by atoms with van der Waals surface area (Å²) >= 11 is 0. The van der Waals surface area contributed by atoms with Crippen LogP contribution in [0.1, 0.15) is 32.3 Å². The molecule has 0 N–H and O–H groups in total. The molecule has 1 aromatic carbocycles. The van der Waals surface area contributed by atoms with E-state index in [-0.39, 0.29) is 5.97 Å². The van der Waals surface area contributed by atoms with Gasteiger partial charge < -0.3 is 4.74 Å². The van der Waals surface area contributed by atoms with Crippen LogP contribution in [0.15, 0.2) is 42.1 Å². The van der Waals surface area contributed by atoms with Crippen molar-refractivity contribution in [1.29, 1.82) is 0 Å². The number of unbranched alkanes of at least 4 members (excludes halogenated alkanes) is 1. The Kier molecular flexibility index (Phi) is 5.84. The van der Waals surface area contributed by atoms with Crippen molar-refractivity contribution in [2.75, 3.05) is 6.61 Å². The predicted molar refractivity (Wildman–Crippen MR) is 69.5 cm³/mol. The Bertz CT molecular complexity index is 412. The lowest BCUT2D eigenvalue weighted by Gasteiger charge is -2.04. The van der Waals surface area contributed by atoms with Gasteiger partial charge in [-0.3, -0.25) is 0 Å². The first-order chi connectivity index (χ1) is 8.29. The molecule has 0 saturated carbocycles. The zero-order chi connectivity index (χ0) is 12.5. The third kappa shape index (κ3) is 4.29. The normalized spacial score (nSPS) is 9.29. The molecule has 1 aromatic rings. The smallest absolute Gasteiger partial charge is 0.346 e. The molecule has 0 amide bonds. The fraction of sp³-hybridized carbons (Fsp3) is 0.333. The predicted octanol–water partition coefficient (Wildman–Crippen LogP) is 3.59. The van der Waals surface area contributed by atoms with E-state index in [1.807, 2.05) is 36.4 Å². The van der Waals surface area contributed by atoms with Crippen molar-refractivity contribution < 1.29 is 9.53 Å². The Morgan fingerprint density at radius 1 is 1.29 bits per heavy atom. The van der Waals surface area contributed by atoms with Crippen LogP contribution in [0, 0.1) is 0 Å². The molecule has 0 saturated heterocycles. The van der Waals surface area contributed by atoms with Gasteiger partial charge in [0, 0.05) is 0 Å². The second-order valence-electron chi connectivity index (χ2n) is 3.60. The number of benzene rings is 1. The summed E-state index contributed by atoms with van der Waals surface area (Å²) in [5.74, 6) is -0.314. The highest BCUT2D eigenvalue weighted by molar-refractivity contribution is 6.16. The SMILES string of the molecule is CCCC=C=C(C(=O)OCC)c1ccccc1. The molecule has 0 aliphatic rings. The lowest BCUT2D eigenvalue weighted by Crippen LogP contribution is -2.06. The first-order valence-electron chi connectivity index (χ1n) is 5.97. The molecule has 2 heteroatoms. The molecule has 0 spiro atoms. The van der Waals surface area contributed by atoms with Crippen molar-refractivity contribution in [3.63, 3.8) is 0 Å². The van der Waals surface area contributed by atoms with Crippen molar-refractivity contribution >= 4 is 11.5 Å². The van der Waals surface area contributed by atoms with Gasteiger partial charge in [-0.15, -0.1) is 5.73 Å². The molecule has 0 heterocycles. The summed E-state index contributed by atoms with van der Waals surface area (Å²) < 4.78 is 5.03. The maximum absolute atomic E-state index is 11.8. The number of carbonyl (C=O) groups is 1. The minimum absolute atomic E-state index is 0.314. The third-order valence-electron chi connectivity index (χ3n) is 2.22. The van der Waals surface area contributed by atoms with Gasteiger partial charge in [0.25, 0.3) is 0 Å². The lowest BCUT2D eigenvalue weighted by molar-refractivity contribution is -0.136. The van der Waals surface area contributed by atoms with E-state index in [0.717, 1.165) is 18.4 Å². The van der Waals surface area contributed by atoms with Crippen LogP contribution in [0.3, 0.4) is 0 Å². The first-order valence-corrected chi connectivity index (χ1v) is 5.97. The van der Waals surface area contributed by atoms with Crippen molar-refractivity contribution in [2.24, 2.45) is 0 Å². The zero-order valence-corrected chi connectivity index (χ0v) is 10.4. The van der Waals surface area contributed by atoms with Crippen molar-refractivity contribution in [2.45, 2.75) is 26.7 Å². The summed E-state index contributed by atoms with van der Waals surface area (Å²) in [6.45, 7) is 4.27. The molecule has 0 aliphatic carbocycles. The Labute approximate surface area is 103 Å². The summed E-state index contributed by atoms with van der Waals surface area (Å²) in [5, 5.41) is 0. The second-order valence-corrected chi connectivity index (χ2v) is 3.60. The lowest BCUT2D eigenvalue weighted by atomic mass is 10.1. The van der Waals surface area contributed by atoms with Crippen LogP contribution in [-0.4, -0.2) is 12.6 Å². The van der Waals surface area contributed by atoms with Crippen LogP contribution in [0.5, 0.6) is 0 Å². The Morgan fingerprint density at radius 3 is 2.59 bits per heavy atom. The average molecular weight is 230 g/mol. The van der Waals surface area contributed by atoms with Crippen LogP contribution < -0.4 is 0 Å². The highest BCUT2D eigenvalue weighted by Crippen LogP contribution is 2.14. The van der Waals surface area contributed by atoms with E-state index in [9.17, 15) is 4.79 Å². The van der Waals surface area contributed by atoms with Crippen molar-refractivity contribution in [1.82, 2.24) is 0 Å². The Hall–Kier alpha value is -1.79. The largest absolute Gasteiger partial charge is 0.462 e. The highest BCUT2D eigenvalue weighted by atomic mass is 16.5. The molecule has 90 valence electrons. The molecule has 0 radical (unpaired) electrons. The highest BCUT2D eigenvalue weighted by Gasteiger charge is 2.11. The molecule has 0 fully saturated rings. The molecule has 17 heavy (non-hydrogen) atoms. The molecule has 0 atom stereocenters. The van der Waals surface area contributed by atoms with Crippen molar-refractivity contribution in [3.8, 4) is 0 Å². The van der Waals surface area contributed by atoms with Crippen LogP contribution in [0.2, 0.25) is 0 Å². The standard InChI is InChI=1S/C15H18O2/c1-3-5-7-12-14(15(16)17-4-2)13-10-8-6-9-11-13/h6-11H,3-5H2,1-2H3. The summed E-state index contributed by atoms with van der Waals surface area (Å²) in [6, 6.07) is 9.49. The quantitative estimate of drug-likeness (QED) is 0.439. The van der Waals surface area contributed by atoms with Crippen LogP contribution in [0.25, 0.3) is 5.57 Å². The van der Waals surface area contributed by atoms with Crippen molar-refractivity contribution in [3.05, 3.63) is 47.7 Å². The monoisotopic (exact) mass is 230 g/mol. The van der Waals surface area contributed by atoms with E-state index in [2.05, 4.69) is 12.7 Å². The van der Waals surface area contributed by atoms with Gasteiger partial charge in [0.15, 0.2) is 0 Å². The third-order valence-corrected chi connectivity index (χ3v) is 2.22. The minimum atomic E-state index is -0.314. The van der Waals surface area contributed by atoms with E-state index in [4.69, 9.17) is 4.74 Å². The number of hydrogen-bond acceptors (Lipinski definition) is 2. The minimum Gasteiger partial charge on any atom is -0.462 e. The van der Waals surface area contributed by atoms with E-state index in [1.165, 1.54) is 0 Å². The second kappa shape index (κ2) is 7.48. The van der Waals surface area contributed by atoms with Gasteiger partial charge in [0.05, 0.1) is 6.61 Å². The van der Waals surface area contributed by atoms with Crippen LogP contribution >= 0.6 is 0 Å². The fourth-order valence-corrected chi connectivity index (χ4v) is 1.39. The molecular weight excluding hydrogens is 212 g/mol.